The number of rotatable bonds is 4. The fourth-order valence-electron chi connectivity index (χ4n) is 1.39. The van der Waals surface area contributed by atoms with Gasteiger partial charge in [-0.15, -0.1) is 13.2 Å². The second-order valence-corrected chi connectivity index (χ2v) is 3.49. The summed E-state index contributed by atoms with van der Waals surface area (Å²) in [5.41, 5.74) is 10.5. The average molecular weight is 279 g/mol. The van der Waals surface area contributed by atoms with Crippen molar-refractivity contribution in [1.82, 2.24) is 4.98 Å². The second kappa shape index (κ2) is 5.74. The first kappa shape index (κ1) is 15.0. The molecule has 9 heteroatoms. The molecule has 106 valence electrons. The summed E-state index contributed by atoms with van der Waals surface area (Å²) in [6, 6.07) is 1.15. The number of hydrogen-bond acceptors (Lipinski definition) is 6. The Morgan fingerprint density at radius 1 is 1.47 bits per heavy atom. The Kier molecular flexibility index (Phi) is 4.54. The molecule has 0 atom stereocenters. The number of pyridine rings is 1. The van der Waals surface area contributed by atoms with Crippen molar-refractivity contribution < 1.29 is 27.4 Å². The molecule has 4 N–H and O–H groups in total. The first-order valence-corrected chi connectivity index (χ1v) is 5.07. The highest BCUT2D eigenvalue weighted by molar-refractivity contribution is 5.73. The molecule has 0 aliphatic heterocycles. The molecule has 6 nitrogen and oxygen atoms in total. The van der Waals surface area contributed by atoms with Gasteiger partial charge in [0.05, 0.1) is 19.2 Å². The number of hydrogen-bond donors (Lipinski definition) is 2. The maximum atomic E-state index is 12.3. The van der Waals surface area contributed by atoms with Gasteiger partial charge in [-0.1, -0.05) is 0 Å². The Balaban J connectivity index is 3.25. The number of nitrogens with two attached hydrogens (primary N) is 2. The number of ether oxygens (including phenoxy) is 2. The molecule has 1 aromatic heterocycles. The van der Waals surface area contributed by atoms with Gasteiger partial charge in [0.15, 0.2) is 5.75 Å². The minimum atomic E-state index is -4.92. The minimum absolute atomic E-state index is 0.00345. The summed E-state index contributed by atoms with van der Waals surface area (Å²) in [4.78, 5) is 14.8. The standard InChI is InChI=1S/C10H12F3N3O3/c1-18-8(17)3-6-9(19-10(11,12)13)5(4-14)2-7(15)16-6/h2H,3-4,14H2,1H3,(H2,15,16). The lowest BCUT2D eigenvalue weighted by molar-refractivity contribution is -0.275. The number of halogens is 3. The number of aromatic nitrogens is 1. The van der Waals surface area contributed by atoms with Gasteiger partial charge in [-0.25, -0.2) is 4.98 Å². The highest BCUT2D eigenvalue weighted by Crippen LogP contribution is 2.30. The Morgan fingerprint density at radius 2 is 2.11 bits per heavy atom. The van der Waals surface area contributed by atoms with Crippen LogP contribution in [0.25, 0.3) is 0 Å². The lowest BCUT2D eigenvalue weighted by Gasteiger charge is -2.16. The molecule has 1 heterocycles. The summed E-state index contributed by atoms with van der Waals surface area (Å²) in [5.74, 6) is -1.45. The normalized spacial score (nSPS) is 11.2. The predicted octanol–water partition coefficient (Wildman–Crippen LogP) is 0.737. The lowest BCUT2D eigenvalue weighted by atomic mass is 10.1. The van der Waals surface area contributed by atoms with Crippen LogP contribution in [-0.2, 0) is 22.5 Å². The third kappa shape index (κ3) is 4.28. The number of alkyl halides is 3. The Hall–Kier alpha value is -2.03. The molecule has 1 rings (SSSR count). The fourth-order valence-corrected chi connectivity index (χ4v) is 1.39. The molecule has 0 radical (unpaired) electrons. The molecule has 0 fully saturated rings. The summed E-state index contributed by atoms with van der Waals surface area (Å²) in [6.45, 7) is -0.244. The number of anilines is 1. The zero-order chi connectivity index (χ0) is 14.6. The summed E-state index contributed by atoms with van der Waals surface area (Å²) >= 11 is 0. The van der Waals surface area contributed by atoms with Gasteiger partial charge < -0.3 is 20.9 Å². The van der Waals surface area contributed by atoms with Crippen molar-refractivity contribution in [3.8, 4) is 5.75 Å². The molecule has 0 unspecified atom stereocenters. The van der Waals surface area contributed by atoms with E-state index < -0.39 is 24.5 Å². The van der Waals surface area contributed by atoms with Gasteiger partial charge in [0.2, 0.25) is 0 Å². The van der Waals surface area contributed by atoms with Crippen molar-refractivity contribution in [1.29, 1.82) is 0 Å². The Morgan fingerprint density at radius 3 is 2.58 bits per heavy atom. The van der Waals surface area contributed by atoms with Crippen LogP contribution in [0.3, 0.4) is 0 Å². The molecule has 0 aromatic carbocycles. The molecule has 0 spiro atoms. The van der Waals surface area contributed by atoms with Crippen molar-refractivity contribution in [2.24, 2.45) is 5.73 Å². The van der Waals surface area contributed by atoms with Crippen LogP contribution in [0.5, 0.6) is 5.75 Å². The van der Waals surface area contributed by atoms with Crippen molar-refractivity contribution >= 4 is 11.8 Å². The third-order valence-corrected chi connectivity index (χ3v) is 2.12. The molecule has 0 aliphatic carbocycles. The molecule has 19 heavy (non-hydrogen) atoms. The largest absolute Gasteiger partial charge is 0.573 e. The summed E-state index contributed by atoms with van der Waals surface area (Å²) in [5, 5.41) is 0. The number of esters is 1. The van der Waals surface area contributed by atoms with Gasteiger partial charge in [-0.05, 0) is 6.07 Å². The van der Waals surface area contributed by atoms with Crippen molar-refractivity contribution in [2.75, 3.05) is 12.8 Å². The van der Waals surface area contributed by atoms with Gasteiger partial charge in [-0.2, -0.15) is 0 Å². The van der Waals surface area contributed by atoms with E-state index in [1.54, 1.807) is 0 Å². The van der Waals surface area contributed by atoms with Crippen LogP contribution in [0.1, 0.15) is 11.3 Å². The molecule has 0 aliphatic rings. The smallest absolute Gasteiger partial charge is 0.469 e. The van der Waals surface area contributed by atoms with Crippen LogP contribution < -0.4 is 16.2 Å². The summed E-state index contributed by atoms with van der Waals surface area (Å²) < 4.78 is 45.2. The molecule has 0 bridgehead atoms. The Labute approximate surface area is 106 Å². The topological polar surface area (TPSA) is 100 Å². The first-order valence-electron chi connectivity index (χ1n) is 5.07. The van der Waals surface area contributed by atoms with E-state index in [0.29, 0.717) is 0 Å². The zero-order valence-electron chi connectivity index (χ0n) is 9.95. The molecular weight excluding hydrogens is 267 g/mol. The highest BCUT2D eigenvalue weighted by atomic mass is 19.4. The van der Waals surface area contributed by atoms with Gasteiger partial charge in [0, 0.05) is 12.1 Å². The first-order chi connectivity index (χ1) is 8.76. The molecule has 1 aromatic rings. The third-order valence-electron chi connectivity index (χ3n) is 2.12. The lowest BCUT2D eigenvalue weighted by Crippen LogP contribution is -2.22. The van der Waals surface area contributed by atoms with Gasteiger partial charge in [-0.3, -0.25) is 4.79 Å². The van der Waals surface area contributed by atoms with E-state index in [1.165, 1.54) is 0 Å². The molecule has 0 amide bonds. The highest BCUT2D eigenvalue weighted by Gasteiger charge is 2.34. The number of carbonyl (C=O) groups is 1. The van der Waals surface area contributed by atoms with E-state index in [-0.39, 0.29) is 23.6 Å². The monoisotopic (exact) mass is 279 g/mol. The molecule has 0 saturated carbocycles. The van der Waals surface area contributed by atoms with E-state index in [1.807, 2.05) is 0 Å². The average Bonchev–Trinajstić information content (AvgIpc) is 2.30. The zero-order valence-corrected chi connectivity index (χ0v) is 9.95. The quantitative estimate of drug-likeness (QED) is 0.788. The number of methoxy groups -OCH3 is 1. The van der Waals surface area contributed by atoms with E-state index in [2.05, 4.69) is 14.5 Å². The minimum Gasteiger partial charge on any atom is -0.469 e. The molecular formula is C10H12F3N3O3. The van der Waals surface area contributed by atoms with Gasteiger partial charge in [0.1, 0.15) is 5.82 Å². The summed E-state index contributed by atoms with van der Waals surface area (Å²) in [7, 11) is 1.10. The van der Waals surface area contributed by atoms with Crippen molar-refractivity contribution in [2.45, 2.75) is 19.3 Å². The van der Waals surface area contributed by atoms with Gasteiger partial charge in [0.25, 0.3) is 0 Å². The predicted molar refractivity (Wildman–Crippen MR) is 58.9 cm³/mol. The number of carbonyl (C=O) groups excluding carboxylic acids is 1. The van der Waals surface area contributed by atoms with Crippen molar-refractivity contribution in [3.05, 3.63) is 17.3 Å². The van der Waals surface area contributed by atoms with Crippen LogP contribution in [0.2, 0.25) is 0 Å². The maximum absolute atomic E-state index is 12.3. The number of nitrogen functional groups attached to an aromatic ring is 1. The van der Waals surface area contributed by atoms with Crippen LogP contribution in [0.15, 0.2) is 6.07 Å². The van der Waals surface area contributed by atoms with E-state index in [0.717, 1.165) is 13.2 Å². The summed E-state index contributed by atoms with van der Waals surface area (Å²) in [6.07, 6.45) is -5.42. The van der Waals surface area contributed by atoms with E-state index in [9.17, 15) is 18.0 Å². The van der Waals surface area contributed by atoms with E-state index >= 15 is 0 Å². The number of nitrogens with zero attached hydrogens (tertiary/aromatic N) is 1. The van der Waals surface area contributed by atoms with Crippen molar-refractivity contribution in [3.63, 3.8) is 0 Å². The van der Waals surface area contributed by atoms with Crippen LogP contribution >= 0.6 is 0 Å². The SMILES string of the molecule is COC(=O)Cc1nc(N)cc(CN)c1OC(F)(F)F. The van der Waals surface area contributed by atoms with Crippen LogP contribution in [0.4, 0.5) is 19.0 Å². The maximum Gasteiger partial charge on any atom is 0.573 e. The Bertz CT molecular complexity index is 477. The van der Waals surface area contributed by atoms with E-state index in [4.69, 9.17) is 11.5 Å². The van der Waals surface area contributed by atoms with Gasteiger partial charge >= 0.3 is 12.3 Å². The second-order valence-electron chi connectivity index (χ2n) is 3.49. The van der Waals surface area contributed by atoms with Crippen LogP contribution in [0, 0.1) is 0 Å². The molecule has 0 saturated heterocycles. The fraction of sp³-hybridized carbons (Fsp3) is 0.400. The van der Waals surface area contributed by atoms with Crippen LogP contribution in [-0.4, -0.2) is 24.4 Å².